The minimum absolute atomic E-state index is 0.191. The van der Waals surface area contributed by atoms with Crippen LogP contribution in [-0.4, -0.2) is 29.5 Å². The third kappa shape index (κ3) is 3.06. The molecule has 1 rings (SSSR count). The average molecular weight is 215 g/mol. The average Bonchev–Trinajstić information content (AvgIpc) is 2.60. The molecular weight excluding hydrogens is 198 g/mol. The van der Waals surface area contributed by atoms with Crippen molar-refractivity contribution in [2.75, 3.05) is 13.2 Å². The second-order valence-electron chi connectivity index (χ2n) is 3.43. The van der Waals surface area contributed by atoms with E-state index in [-0.39, 0.29) is 12.6 Å². The zero-order valence-corrected chi connectivity index (χ0v) is 9.34. The predicted molar refractivity (Wildman–Crippen MR) is 58.6 cm³/mol. The molecule has 0 radical (unpaired) electrons. The van der Waals surface area contributed by atoms with Gasteiger partial charge in [0.15, 0.2) is 0 Å². The highest BCUT2D eigenvalue weighted by molar-refractivity contribution is 7.10. The maximum atomic E-state index is 9.16. The molecule has 1 heterocycles. The van der Waals surface area contributed by atoms with Crippen LogP contribution in [0.2, 0.25) is 0 Å². The number of aliphatic hydroxyl groups is 2. The summed E-state index contributed by atoms with van der Waals surface area (Å²) in [4.78, 5) is 1.29. The molecule has 1 aromatic heterocycles. The second-order valence-corrected chi connectivity index (χ2v) is 4.38. The number of aryl methyl sites for hydroxylation is 1. The maximum Gasteiger partial charge on any atom is 0.0895 e. The van der Waals surface area contributed by atoms with E-state index in [9.17, 15) is 0 Å². The highest BCUT2D eigenvalue weighted by Crippen LogP contribution is 2.23. The number of aliphatic hydroxyl groups excluding tert-OH is 2. The standard InChI is InChI=1S/C10H17NO2S/c1-7-3-4-14-10(7)8(2)11-5-9(13)6-12/h3-4,8-9,11-13H,5-6H2,1-2H3. The van der Waals surface area contributed by atoms with E-state index in [1.165, 1.54) is 10.4 Å². The Morgan fingerprint density at radius 2 is 2.29 bits per heavy atom. The van der Waals surface area contributed by atoms with Crippen LogP contribution in [0.3, 0.4) is 0 Å². The van der Waals surface area contributed by atoms with Crippen molar-refractivity contribution in [3.05, 3.63) is 21.9 Å². The molecule has 80 valence electrons. The molecule has 14 heavy (non-hydrogen) atoms. The van der Waals surface area contributed by atoms with E-state index in [2.05, 4.69) is 30.6 Å². The Labute approximate surface area is 88.4 Å². The van der Waals surface area contributed by atoms with Crippen LogP contribution in [0.1, 0.15) is 23.4 Å². The molecule has 0 bridgehead atoms. The summed E-state index contributed by atoms with van der Waals surface area (Å²) in [6, 6.07) is 2.32. The zero-order chi connectivity index (χ0) is 10.6. The fraction of sp³-hybridized carbons (Fsp3) is 0.600. The monoisotopic (exact) mass is 215 g/mol. The first-order valence-electron chi connectivity index (χ1n) is 4.71. The minimum atomic E-state index is -0.669. The molecule has 1 aromatic rings. The molecule has 0 fully saturated rings. The number of thiophene rings is 1. The van der Waals surface area contributed by atoms with Gasteiger partial charge in [0, 0.05) is 17.5 Å². The molecule has 0 aliphatic carbocycles. The van der Waals surface area contributed by atoms with Crippen LogP contribution in [0, 0.1) is 6.92 Å². The van der Waals surface area contributed by atoms with Crippen molar-refractivity contribution in [3.8, 4) is 0 Å². The quantitative estimate of drug-likeness (QED) is 0.688. The van der Waals surface area contributed by atoms with Gasteiger partial charge < -0.3 is 15.5 Å². The van der Waals surface area contributed by atoms with Gasteiger partial charge in [0.2, 0.25) is 0 Å². The van der Waals surface area contributed by atoms with Crippen molar-refractivity contribution in [1.29, 1.82) is 0 Å². The molecule has 0 saturated carbocycles. The van der Waals surface area contributed by atoms with E-state index in [1.807, 2.05) is 0 Å². The number of hydrogen-bond donors (Lipinski definition) is 3. The molecule has 0 aromatic carbocycles. The van der Waals surface area contributed by atoms with Gasteiger partial charge in [-0.3, -0.25) is 0 Å². The molecule has 2 atom stereocenters. The Kier molecular flexibility index (Phi) is 4.54. The van der Waals surface area contributed by atoms with Gasteiger partial charge in [0.25, 0.3) is 0 Å². The lowest BCUT2D eigenvalue weighted by Crippen LogP contribution is -2.31. The number of rotatable bonds is 5. The van der Waals surface area contributed by atoms with Crippen LogP contribution >= 0.6 is 11.3 Å². The zero-order valence-electron chi connectivity index (χ0n) is 8.53. The van der Waals surface area contributed by atoms with Crippen LogP contribution in [0.5, 0.6) is 0 Å². The third-order valence-electron chi connectivity index (χ3n) is 2.17. The Balaban J connectivity index is 2.43. The smallest absolute Gasteiger partial charge is 0.0895 e. The molecular formula is C10H17NO2S. The van der Waals surface area contributed by atoms with E-state index < -0.39 is 6.10 Å². The van der Waals surface area contributed by atoms with Crippen LogP contribution in [0.4, 0.5) is 0 Å². The predicted octanol–water partition coefficient (Wildman–Crippen LogP) is 1.06. The Morgan fingerprint density at radius 1 is 1.57 bits per heavy atom. The topological polar surface area (TPSA) is 52.5 Å². The highest BCUT2D eigenvalue weighted by atomic mass is 32.1. The summed E-state index contributed by atoms with van der Waals surface area (Å²) < 4.78 is 0. The van der Waals surface area contributed by atoms with Crippen LogP contribution in [-0.2, 0) is 0 Å². The van der Waals surface area contributed by atoms with Gasteiger partial charge in [-0.1, -0.05) is 0 Å². The fourth-order valence-electron chi connectivity index (χ4n) is 1.30. The summed E-state index contributed by atoms with van der Waals surface area (Å²) in [5, 5.41) is 23.0. The molecule has 0 saturated heterocycles. The lowest BCUT2D eigenvalue weighted by atomic mass is 10.2. The first-order chi connectivity index (χ1) is 6.65. The van der Waals surface area contributed by atoms with Gasteiger partial charge in [-0.25, -0.2) is 0 Å². The molecule has 0 aliphatic rings. The van der Waals surface area contributed by atoms with Gasteiger partial charge in [0.1, 0.15) is 0 Å². The van der Waals surface area contributed by atoms with Gasteiger partial charge in [0.05, 0.1) is 12.7 Å². The minimum Gasteiger partial charge on any atom is -0.394 e. The van der Waals surface area contributed by atoms with Gasteiger partial charge >= 0.3 is 0 Å². The van der Waals surface area contributed by atoms with Crippen molar-refractivity contribution in [3.63, 3.8) is 0 Å². The molecule has 0 spiro atoms. The lowest BCUT2D eigenvalue weighted by Gasteiger charge is -2.15. The molecule has 2 unspecified atom stereocenters. The maximum absolute atomic E-state index is 9.16. The Morgan fingerprint density at radius 3 is 2.79 bits per heavy atom. The van der Waals surface area contributed by atoms with Crippen molar-refractivity contribution < 1.29 is 10.2 Å². The molecule has 0 aliphatic heterocycles. The second kappa shape index (κ2) is 5.46. The molecule has 4 heteroatoms. The Bertz CT molecular complexity index is 275. The lowest BCUT2D eigenvalue weighted by molar-refractivity contribution is 0.0924. The van der Waals surface area contributed by atoms with E-state index in [0.717, 1.165) is 0 Å². The molecule has 0 amide bonds. The number of nitrogens with one attached hydrogen (secondary N) is 1. The van der Waals surface area contributed by atoms with E-state index in [4.69, 9.17) is 10.2 Å². The van der Waals surface area contributed by atoms with E-state index in [1.54, 1.807) is 11.3 Å². The van der Waals surface area contributed by atoms with E-state index >= 15 is 0 Å². The van der Waals surface area contributed by atoms with Crippen LogP contribution < -0.4 is 5.32 Å². The Hall–Kier alpha value is -0.420. The summed E-state index contributed by atoms with van der Waals surface area (Å²) in [7, 11) is 0. The SMILES string of the molecule is Cc1ccsc1C(C)NCC(O)CO. The van der Waals surface area contributed by atoms with E-state index in [0.29, 0.717) is 6.54 Å². The first-order valence-corrected chi connectivity index (χ1v) is 5.59. The molecule has 3 nitrogen and oxygen atoms in total. The van der Waals surface area contributed by atoms with Crippen LogP contribution in [0.15, 0.2) is 11.4 Å². The van der Waals surface area contributed by atoms with Crippen molar-refractivity contribution >= 4 is 11.3 Å². The van der Waals surface area contributed by atoms with Gasteiger partial charge in [-0.15, -0.1) is 11.3 Å². The fourth-order valence-corrected chi connectivity index (χ4v) is 2.26. The van der Waals surface area contributed by atoms with Crippen LogP contribution in [0.25, 0.3) is 0 Å². The summed E-state index contributed by atoms with van der Waals surface area (Å²) >= 11 is 1.71. The highest BCUT2D eigenvalue weighted by Gasteiger charge is 2.10. The third-order valence-corrected chi connectivity index (χ3v) is 3.37. The van der Waals surface area contributed by atoms with Crippen molar-refractivity contribution in [1.82, 2.24) is 5.32 Å². The normalized spacial score (nSPS) is 15.4. The summed E-state index contributed by atoms with van der Waals surface area (Å²) in [5.41, 5.74) is 1.27. The summed E-state index contributed by atoms with van der Waals surface area (Å²) in [5.74, 6) is 0. The summed E-state index contributed by atoms with van der Waals surface area (Å²) in [6.07, 6.45) is -0.669. The number of hydrogen-bond acceptors (Lipinski definition) is 4. The van der Waals surface area contributed by atoms with Crippen molar-refractivity contribution in [2.45, 2.75) is 26.0 Å². The summed E-state index contributed by atoms with van der Waals surface area (Å²) in [6.45, 7) is 4.37. The van der Waals surface area contributed by atoms with Gasteiger partial charge in [-0.05, 0) is 30.9 Å². The first kappa shape index (κ1) is 11.7. The largest absolute Gasteiger partial charge is 0.394 e. The van der Waals surface area contributed by atoms with Crippen molar-refractivity contribution in [2.24, 2.45) is 0 Å². The van der Waals surface area contributed by atoms with Gasteiger partial charge in [-0.2, -0.15) is 0 Å². The molecule has 3 N–H and O–H groups in total.